The van der Waals surface area contributed by atoms with Crippen LogP contribution in [0.2, 0.25) is 5.15 Å². The van der Waals surface area contributed by atoms with E-state index in [1.54, 1.807) is 11.6 Å². The first-order valence-corrected chi connectivity index (χ1v) is 6.67. The molecule has 96 valence electrons. The van der Waals surface area contributed by atoms with Gasteiger partial charge in [0.2, 0.25) is 5.13 Å². The van der Waals surface area contributed by atoms with Gasteiger partial charge in [0, 0.05) is 11.6 Å². The van der Waals surface area contributed by atoms with Gasteiger partial charge in [-0.15, -0.1) is 11.3 Å². The van der Waals surface area contributed by atoms with Gasteiger partial charge in [0.15, 0.2) is 0 Å². The summed E-state index contributed by atoms with van der Waals surface area (Å²) in [5, 5.41) is 15.9. The molecule has 18 heavy (non-hydrogen) atoms. The highest BCUT2D eigenvalue weighted by Crippen LogP contribution is 2.26. The maximum Gasteiger partial charge on any atom is 0.340 e. The van der Waals surface area contributed by atoms with Gasteiger partial charge in [-0.25, -0.2) is 9.78 Å². The van der Waals surface area contributed by atoms with Gasteiger partial charge >= 0.3 is 5.97 Å². The number of carbonyl (C=O) groups is 1. The molecule has 0 saturated heterocycles. The normalized spacial score (nSPS) is 11.1. The molecule has 7 heteroatoms. The first-order valence-electron chi connectivity index (χ1n) is 5.41. The summed E-state index contributed by atoms with van der Waals surface area (Å²) in [5.41, 5.74) is 0.568. The van der Waals surface area contributed by atoms with Gasteiger partial charge in [0.1, 0.15) is 10.7 Å². The van der Waals surface area contributed by atoms with E-state index < -0.39 is 5.97 Å². The van der Waals surface area contributed by atoms with E-state index in [2.05, 4.69) is 10.1 Å². The zero-order valence-corrected chi connectivity index (χ0v) is 11.5. The van der Waals surface area contributed by atoms with Crippen molar-refractivity contribution in [2.45, 2.75) is 20.3 Å². The second kappa shape index (κ2) is 5.07. The predicted octanol–water partition coefficient (Wildman–Crippen LogP) is 2.88. The SMILES string of the molecule is CC(C)Cc1nn(-c2nccs2)c(Cl)c1C(=O)O. The predicted molar refractivity (Wildman–Crippen MR) is 69.7 cm³/mol. The molecule has 0 aromatic carbocycles. The molecular weight excluding hydrogens is 274 g/mol. The van der Waals surface area contributed by atoms with E-state index in [-0.39, 0.29) is 10.7 Å². The molecule has 0 amide bonds. The molecule has 2 aromatic heterocycles. The molecule has 0 saturated carbocycles. The van der Waals surface area contributed by atoms with Crippen molar-refractivity contribution in [1.82, 2.24) is 14.8 Å². The molecular formula is C11H12ClN3O2S. The van der Waals surface area contributed by atoms with Crippen LogP contribution in [0.25, 0.3) is 5.13 Å². The lowest BCUT2D eigenvalue weighted by atomic mass is 10.1. The summed E-state index contributed by atoms with van der Waals surface area (Å²) in [6.45, 7) is 4.00. The summed E-state index contributed by atoms with van der Waals surface area (Å²) in [6, 6.07) is 0. The van der Waals surface area contributed by atoms with Crippen molar-refractivity contribution in [1.29, 1.82) is 0 Å². The largest absolute Gasteiger partial charge is 0.478 e. The third kappa shape index (κ3) is 2.39. The lowest BCUT2D eigenvalue weighted by Crippen LogP contribution is -2.03. The van der Waals surface area contributed by atoms with Crippen LogP contribution in [-0.4, -0.2) is 25.8 Å². The number of rotatable bonds is 4. The van der Waals surface area contributed by atoms with Crippen LogP contribution in [0, 0.1) is 5.92 Å². The van der Waals surface area contributed by atoms with Gasteiger partial charge < -0.3 is 5.11 Å². The average Bonchev–Trinajstić information content (AvgIpc) is 2.84. The molecule has 2 heterocycles. The van der Waals surface area contributed by atoms with E-state index in [1.807, 2.05) is 13.8 Å². The molecule has 0 aliphatic carbocycles. The van der Waals surface area contributed by atoms with E-state index in [1.165, 1.54) is 16.0 Å². The number of carboxylic acid groups (broad SMARTS) is 1. The molecule has 5 nitrogen and oxygen atoms in total. The van der Waals surface area contributed by atoms with Gasteiger partial charge in [0.25, 0.3) is 0 Å². The highest BCUT2D eigenvalue weighted by atomic mass is 35.5. The number of aromatic carboxylic acids is 1. The first kappa shape index (κ1) is 13.0. The van der Waals surface area contributed by atoms with Gasteiger partial charge in [-0.3, -0.25) is 0 Å². The molecule has 1 N–H and O–H groups in total. The number of thiazole rings is 1. The van der Waals surface area contributed by atoms with E-state index in [9.17, 15) is 9.90 Å². The second-order valence-corrected chi connectivity index (χ2v) is 5.47. The minimum Gasteiger partial charge on any atom is -0.478 e. The van der Waals surface area contributed by atoms with Crippen molar-refractivity contribution in [3.63, 3.8) is 0 Å². The fraction of sp³-hybridized carbons (Fsp3) is 0.364. The lowest BCUT2D eigenvalue weighted by Gasteiger charge is -2.01. The minimum absolute atomic E-state index is 0.0700. The number of carboxylic acids is 1. The van der Waals surface area contributed by atoms with Crippen LogP contribution >= 0.6 is 22.9 Å². The Kier molecular flexibility index (Phi) is 3.68. The third-order valence-electron chi connectivity index (χ3n) is 2.32. The molecule has 2 rings (SSSR count). The third-order valence-corrected chi connectivity index (χ3v) is 3.41. The van der Waals surface area contributed by atoms with Crippen molar-refractivity contribution in [3.8, 4) is 5.13 Å². The van der Waals surface area contributed by atoms with E-state index >= 15 is 0 Å². The van der Waals surface area contributed by atoms with Gasteiger partial charge in [0.05, 0.1) is 5.69 Å². The smallest absolute Gasteiger partial charge is 0.340 e. The van der Waals surface area contributed by atoms with Crippen LogP contribution in [0.5, 0.6) is 0 Å². The van der Waals surface area contributed by atoms with Crippen LogP contribution in [0.4, 0.5) is 0 Å². The molecule has 0 radical (unpaired) electrons. The number of hydrogen-bond donors (Lipinski definition) is 1. The Labute approximate surface area is 113 Å². The summed E-state index contributed by atoms with van der Waals surface area (Å²) in [4.78, 5) is 15.3. The maximum absolute atomic E-state index is 11.3. The van der Waals surface area contributed by atoms with Crippen molar-refractivity contribution in [2.75, 3.05) is 0 Å². The Balaban J connectivity index is 2.54. The highest BCUT2D eigenvalue weighted by Gasteiger charge is 2.24. The van der Waals surface area contributed by atoms with Gasteiger partial charge in [-0.05, 0) is 12.3 Å². The maximum atomic E-state index is 11.3. The van der Waals surface area contributed by atoms with E-state index in [4.69, 9.17) is 11.6 Å². The van der Waals surface area contributed by atoms with Crippen LogP contribution in [-0.2, 0) is 6.42 Å². The number of halogens is 1. The molecule has 0 aliphatic rings. The standard InChI is InChI=1S/C11H12ClN3O2S/c1-6(2)5-7-8(10(16)17)9(12)15(14-7)11-13-3-4-18-11/h3-4,6H,5H2,1-2H3,(H,16,17). The van der Waals surface area contributed by atoms with Crippen LogP contribution in [0.3, 0.4) is 0 Å². The van der Waals surface area contributed by atoms with Gasteiger partial charge in [-0.1, -0.05) is 25.4 Å². The Morgan fingerprint density at radius 3 is 2.83 bits per heavy atom. The monoisotopic (exact) mass is 285 g/mol. The molecule has 0 spiro atoms. The topological polar surface area (TPSA) is 68.0 Å². The molecule has 0 aliphatic heterocycles. The average molecular weight is 286 g/mol. The molecule has 0 bridgehead atoms. The van der Waals surface area contributed by atoms with Gasteiger partial charge in [-0.2, -0.15) is 9.78 Å². The zero-order chi connectivity index (χ0) is 13.3. The van der Waals surface area contributed by atoms with Crippen molar-refractivity contribution < 1.29 is 9.90 Å². The number of hydrogen-bond acceptors (Lipinski definition) is 4. The number of aromatic nitrogens is 3. The second-order valence-electron chi connectivity index (χ2n) is 4.24. The van der Waals surface area contributed by atoms with Crippen molar-refractivity contribution in [3.05, 3.63) is 28.0 Å². The molecule has 0 atom stereocenters. The van der Waals surface area contributed by atoms with Crippen molar-refractivity contribution >= 4 is 28.9 Å². The number of nitrogens with zero attached hydrogens (tertiary/aromatic N) is 3. The molecule has 0 fully saturated rings. The minimum atomic E-state index is -1.06. The van der Waals surface area contributed by atoms with E-state index in [0.717, 1.165) is 0 Å². The Hall–Kier alpha value is -1.40. The fourth-order valence-corrected chi connectivity index (χ4v) is 2.58. The summed E-state index contributed by atoms with van der Waals surface area (Å²) >= 11 is 7.44. The highest BCUT2D eigenvalue weighted by molar-refractivity contribution is 7.12. The summed E-state index contributed by atoms with van der Waals surface area (Å²) in [6.07, 6.45) is 2.19. The fourth-order valence-electron chi connectivity index (χ4n) is 1.63. The summed E-state index contributed by atoms with van der Waals surface area (Å²) in [7, 11) is 0. The molecule has 0 unspecified atom stereocenters. The Morgan fingerprint density at radius 2 is 2.33 bits per heavy atom. The van der Waals surface area contributed by atoms with Crippen molar-refractivity contribution in [2.24, 2.45) is 5.92 Å². The Morgan fingerprint density at radius 1 is 1.61 bits per heavy atom. The summed E-state index contributed by atoms with van der Waals surface area (Å²) < 4.78 is 1.38. The molecule has 2 aromatic rings. The van der Waals surface area contributed by atoms with Crippen LogP contribution < -0.4 is 0 Å². The first-order chi connectivity index (χ1) is 8.50. The van der Waals surface area contributed by atoms with Crippen LogP contribution in [0.15, 0.2) is 11.6 Å². The lowest BCUT2D eigenvalue weighted by molar-refractivity contribution is 0.0696. The Bertz CT molecular complexity index is 563. The zero-order valence-electron chi connectivity index (χ0n) is 9.92. The quantitative estimate of drug-likeness (QED) is 0.938. The summed E-state index contributed by atoms with van der Waals surface area (Å²) in [5.74, 6) is -0.753. The van der Waals surface area contributed by atoms with Crippen LogP contribution in [0.1, 0.15) is 29.9 Å². The van der Waals surface area contributed by atoms with E-state index in [0.29, 0.717) is 23.2 Å².